The van der Waals surface area contributed by atoms with Crippen molar-refractivity contribution in [3.8, 4) is 0 Å². The fraction of sp³-hybridized carbons (Fsp3) is 0.308. The number of rotatable bonds is 3. The number of hydrogen-bond donors (Lipinski definition) is 2. The van der Waals surface area contributed by atoms with Crippen LogP contribution in [0.1, 0.15) is 28.3 Å². The summed E-state index contributed by atoms with van der Waals surface area (Å²) in [6, 6.07) is 4.27. The molecule has 2 heterocycles. The first-order chi connectivity index (χ1) is 8.47. The number of aromatic nitrogens is 1. The van der Waals surface area contributed by atoms with E-state index < -0.39 is 0 Å². The van der Waals surface area contributed by atoms with Crippen molar-refractivity contribution in [3.63, 3.8) is 0 Å². The van der Waals surface area contributed by atoms with Gasteiger partial charge < -0.3 is 11.1 Å². The number of hydrogen-bond acceptors (Lipinski definition) is 4. The van der Waals surface area contributed by atoms with Gasteiger partial charge in [0.15, 0.2) is 0 Å². The van der Waals surface area contributed by atoms with Gasteiger partial charge in [-0.25, -0.2) is 4.98 Å². The SMILES string of the molecule is Cc1cc(C(C)Nc2ncc(Br)cc2N)c(C)s1. The van der Waals surface area contributed by atoms with E-state index in [0.717, 1.165) is 10.3 Å². The zero-order valence-electron chi connectivity index (χ0n) is 10.6. The Labute approximate surface area is 120 Å². The van der Waals surface area contributed by atoms with Crippen LogP contribution in [0.3, 0.4) is 0 Å². The third-order valence-electron chi connectivity index (χ3n) is 2.78. The molecule has 0 aliphatic heterocycles. The Bertz CT molecular complexity index is 565. The molecule has 0 radical (unpaired) electrons. The van der Waals surface area contributed by atoms with Crippen molar-refractivity contribution in [1.82, 2.24) is 4.98 Å². The number of anilines is 2. The van der Waals surface area contributed by atoms with E-state index in [0.29, 0.717) is 5.69 Å². The molecule has 0 bridgehead atoms. The zero-order valence-corrected chi connectivity index (χ0v) is 13.0. The highest BCUT2D eigenvalue weighted by atomic mass is 79.9. The molecule has 0 aliphatic rings. The van der Waals surface area contributed by atoms with Gasteiger partial charge >= 0.3 is 0 Å². The van der Waals surface area contributed by atoms with E-state index in [2.05, 4.69) is 53.1 Å². The summed E-state index contributed by atoms with van der Waals surface area (Å²) in [6.07, 6.45) is 1.75. The standard InChI is InChI=1S/C13H16BrN3S/c1-7-4-11(9(3)18-7)8(2)17-13-12(15)5-10(14)6-16-13/h4-6,8H,15H2,1-3H3,(H,16,17). The third-order valence-corrected chi connectivity index (χ3v) is 4.20. The van der Waals surface area contributed by atoms with Gasteiger partial charge in [0.05, 0.1) is 11.7 Å². The predicted molar refractivity (Wildman–Crippen MR) is 82.2 cm³/mol. The van der Waals surface area contributed by atoms with Crippen LogP contribution in [-0.2, 0) is 0 Å². The van der Waals surface area contributed by atoms with Gasteiger partial charge in [0.1, 0.15) is 5.82 Å². The molecular formula is C13H16BrN3S. The van der Waals surface area contributed by atoms with Crippen molar-refractivity contribution in [2.45, 2.75) is 26.8 Å². The number of nitrogens with two attached hydrogens (primary N) is 1. The first-order valence-electron chi connectivity index (χ1n) is 5.72. The second-order valence-electron chi connectivity index (χ2n) is 4.33. The maximum atomic E-state index is 5.94. The molecule has 0 saturated carbocycles. The fourth-order valence-electron chi connectivity index (χ4n) is 1.94. The van der Waals surface area contributed by atoms with Crippen molar-refractivity contribution < 1.29 is 0 Å². The summed E-state index contributed by atoms with van der Waals surface area (Å²) < 4.78 is 0.890. The second kappa shape index (κ2) is 5.28. The molecule has 18 heavy (non-hydrogen) atoms. The summed E-state index contributed by atoms with van der Waals surface area (Å²) in [5.74, 6) is 0.731. The van der Waals surface area contributed by atoms with E-state index in [4.69, 9.17) is 5.73 Å². The van der Waals surface area contributed by atoms with Crippen LogP contribution < -0.4 is 11.1 Å². The van der Waals surface area contributed by atoms with Crippen molar-refractivity contribution in [2.75, 3.05) is 11.1 Å². The molecule has 5 heteroatoms. The maximum absolute atomic E-state index is 5.94. The van der Waals surface area contributed by atoms with E-state index in [1.54, 1.807) is 6.20 Å². The van der Waals surface area contributed by atoms with Gasteiger partial charge in [-0.05, 0) is 54.4 Å². The Morgan fingerprint density at radius 1 is 1.39 bits per heavy atom. The minimum atomic E-state index is 0.200. The molecular weight excluding hydrogens is 310 g/mol. The van der Waals surface area contributed by atoms with Crippen molar-refractivity contribution in [3.05, 3.63) is 38.1 Å². The summed E-state index contributed by atoms with van der Waals surface area (Å²) in [7, 11) is 0. The molecule has 2 aromatic rings. The summed E-state index contributed by atoms with van der Waals surface area (Å²) in [5, 5.41) is 3.36. The molecule has 0 spiro atoms. The Morgan fingerprint density at radius 2 is 2.11 bits per heavy atom. The number of nitrogen functional groups attached to an aromatic ring is 1. The van der Waals surface area contributed by atoms with Gasteiger partial charge in [-0.2, -0.15) is 0 Å². The topological polar surface area (TPSA) is 50.9 Å². The highest BCUT2D eigenvalue weighted by molar-refractivity contribution is 9.10. The van der Waals surface area contributed by atoms with Crippen molar-refractivity contribution in [1.29, 1.82) is 0 Å². The van der Waals surface area contributed by atoms with Gasteiger partial charge in [0.25, 0.3) is 0 Å². The monoisotopic (exact) mass is 325 g/mol. The number of nitrogens with one attached hydrogen (secondary N) is 1. The van der Waals surface area contributed by atoms with Gasteiger partial charge in [-0.3, -0.25) is 0 Å². The average molecular weight is 326 g/mol. The second-order valence-corrected chi connectivity index (χ2v) is 6.70. The van der Waals surface area contributed by atoms with Crippen molar-refractivity contribution >= 4 is 38.8 Å². The van der Waals surface area contributed by atoms with Gasteiger partial charge in [0, 0.05) is 20.4 Å². The van der Waals surface area contributed by atoms with Crippen LogP contribution in [0.4, 0.5) is 11.5 Å². The Balaban J connectivity index is 2.21. The first-order valence-corrected chi connectivity index (χ1v) is 7.33. The van der Waals surface area contributed by atoms with E-state index in [9.17, 15) is 0 Å². The quantitative estimate of drug-likeness (QED) is 0.885. The lowest BCUT2D eigenvalue weighted by Crippen LogP contribution is -2.10. The highest BCUT2D eigenvalue weighted by Crippen LogP contribution is 2.30. The molecule has 2 rings (SSSR count). The number of pyridine rings is 1. The summed E-state index contributed by atoms with van der Waals surface area (Å²) in [4.78, 5) is 6.96. The largest absolute Gasteiger partial charge is 0.396 e. The Morgan fingerprint density at radius 3 is 2.67 bits per heavy atom. The smallest absolute Gasteiger partial charge is 0.149 e. The zero-order chi connectivity index (χ0) is 13.3. The minimum absolute atomic E-state index is 0.200. The van der Waals surface area contributed by atoms with E-state index in [1.165, 1.54) is 15.3 Å². The Hall–Kier alpha value is -1.07. The number of halogens is 1. The van der Waals surface area contributed by atoms with E-state index in [-0.39, 0.29) is 6.04 Å². The van der Waals surface area contributed by atoms with Gasteiger partial charge in [0.2, 0.25) is 0 Å². The minimum Gasteiger partial charge on any atom is -0.396 e. The van der Waals surface area contributed by atoms with Crippen LogP contribution in [0, 0.1) is 13.8 Å². The molecule has 2 aromatic heterocycles. The molecule has 96 valence electrons. The van der Waals surface area contributed by atoms with Crippen LogP contribution in [0.2, 0.25) is 0 Å². The van der Waals surface area contributed by atoms with Crippen LogP contribution >= 0.6 is 27.3 Å². The highest BCUT2D eigenvalue weighted by Gasteiger charge is 2.12. The van der Waals surface area contributed by atoms with Crippen LogP contribution in [0.5, 0.6) is 0 Å². The van der Waals surface area contributed by atoms with Crippen LogP contribution in [0.15, 0.2) is 22.8 Å². The molecule has 1 atom stereocenters. The number of aryl methyl sites for hydroxylation is 2. The molecule has 3 nitrogen and oxygen atoms in total. The Kier molecular flexibility index (Phi) is 3.92. The molecule has 3 N–H and O–H groups in total. The number of thiophene rings is 1. The molecule has 0 aliphatic carbocycles. The van der Waals surface area contributed by atoms with Crippen molar-refractivity contribution in [2.24, 2.45) is 0 Å². The molecule has 1 unspecified atom stereocenters. The fourth-order valence-corrected chi connectivity index (χ4v) is 3.31. The average Bonchev–Trinajstić information content (AvgIpc) is 2.62. The summed E-state index contributed by atoms with van der Waals surface area (Å²) >= 11 is 5.17. The van der Waals surface area contributed by atoms with E-state index >= 15 is 0 Å². The lowest BCUT2D eigenvalue weighted by molar-refractivity contribution is 0.872. The maximum Gasteiger partial charge on any atom is 0.149 e. The molecule has 0 aromatic carbocycles. The van der Waals surface area contributed by atoms with Crippen LogP contribution in [-0.4, -0.2) is 4.98 Å². The molecule has 0 saturated heterocycles. The van der Waals surface area contributed by atoms with E-state index in [1.807, 2.05) is 17.4 Å². The predicted octanol–water partition coefficient (Wildman–Crippen LogP) is 4.28. The molecule has 0 amide bonds. The normalized spacial score (nSPS) is 12.4. The molecule has 0 fully saturated rings. The van der Waals surface area contributed by atoms with Gasteiger partial charge in [-0.1, -0.05) is 0 Å². The van der Waals surface area contributed by atoms with Crippen LogP contribution in [0.25, 0.3) is 0 Å². The lowest BCUT2D eigenvalue weighted by Gasteiger charge is -2.16. The number of nitrogens with zero attached hydrogens (tertiary/aromatic N) is 1. The summed E-state index contributed by atoms with van der Waals surface area (Å²) in [6.45, 7) is 6.39. The third kappa shape index (κ3) is 2.84. The lowest BCUT2D eigenvalue weighted by atomic mass is 10.1. The summed E-state index contributed by atoms with van der Waals surface area (Å²) in [5.41, 5.74) is 7.90. The van der Waals surface area contributed by atoms with Gasteiger partial charge in [-0.15, -0.1) is 11.3 Å². The first kappa shape index (κ1) is 13.4.